The van der Waals surface area contributed by atoms with E-state index < -0.39 is 0 Å². The van der Waals surface area contributed by atoms with Crippen molar-refractivity contribution in [1.29, 1.82) is 0 Å². The molecule has 0 spiro atoms. The zero-order chi connectivity index (χ0) is 13.4. The number of carbonyl (C=O) groups is 2. The number of hydrogen-bond donors (Lipinski definition) is 0. The van der Waals surface area contributed by atoms with Crippen molar-refractivity contribution in [3.63, 3.8) is 0 Å². The molecule has 0 N–H and O–H groups in total. The van der Waals surface area contributed by atoms with Gasteiger partial charge in [-0.25, -0.2) is 0 Å². The van der Waals surface area contributed by atoms with Gasteiger partial charge in [-0.05, 0) is 19.9 Å². The molecular formula is C13H19N3O2. The molecule has 1 unspecified atom stereocenters. The van der Waals surface area contributed by atoms with Gasteiger partial charge in [-0.3, -0.25) is 9.59 Å². The van der Waals surface area contributed by atoms with Gasteiger partial charge in [-0.15, -0.1) is 0 Å². The fraction of sp³-hybridized carbons (Fsp3) is 0.538. The number of aryl methyl sites for hydroxylation is 1. The van der Waals surface area contributed by atoms with Gasteiger partial charge >= 0.3 is 0 Å². The van der Waals surface area contributed by atoms with Crippen LogP contribution in [0.1, 0.15) is 23.0 Å². The molecule has 0 bridgehead atoms. The van der Waals surface area contributed by atoms with Crippen molar-refractivity contribution in [2.45, 2.75) is 19.9 Å². The Morgan fingerprint density at radius 2 is 2.00 bits per heavy atom. The lowest BCUT2D eigenvalue weighted by Gasteiger charge is -2.37. The van der Waals surface area contributed by atoms with Crippen molar-refractivity contribution in [2.24, 2.45) is 7.05 Å². The van der Waals surface area contributed by atoms with Gasteiger partial charge in [-0.2, -0.15) is 0 Å². The van der Waals surface area contributed by atoms with Crippen molar-refractivity contribution in [2.75, 3.05) is 20.1 Å². The Bertz CT molecular complexity index is 492. The highest BCUT2D eigenvalue weighted by Crippen LogP contribution is 2.17. The van der Waals surface area contributed by atoms with Crippen LogP contribution in [0.25, 0.3) is 0 Å². The summed E-state index contributed by atoms with van der Waals surface area (Å²) in [5.74, 6) is -0.0507. The number of hydrogen-bond acceptors (Lipinski definition) is 2. The third kappa shape index (κ3) is 1.89. The second-order valence-corrected chi connectivity index (χ2v) is 4.86. The minimum absolute atomic E-state index is 0.00295. The van der Waals surface area contributed by atoms with Crippen LogP contribution in [0.3, 0.4) is 0 Å². The van der Waals surface area contributed by atoms with Crippen LogP contribution in [0.4, 0.5) is 0 Å². The number of amides is 2. The molecular weight excluding hydrogens is 230 g/mol. The second kappa shape index (κ2) is 4.48. The van der Waals surface area contributed by atoms with E-state index in [1.165, 1.54) is 0 Å². The van der Waals surface area contributed by atoms with Crippen LogP contribution in [0, 0.1) is 6.92 Å². The summed E-state index contributed by atoms with van der Waals surface area (Å²) in [5.41, 5.74) is 1.61. The van der Waals surface area contributed by atoms with Crippen LogP contribution < -0.4 is 0 Å². The zero-order valence-corrected chi connectivity index (χ0v) is 11.3. The van der Waals surface area contributed by atoms with E-state index in [4.69, 9.17) is 0 Å². The summed E-state index contributed by atoms with van der Waals surface area (Å²) in [7, 11) is 3.68. The highest BCUT2D eigenvalue weighted by molar-refractivity contribution is 5.98. The topological polar surface area (TPSA) is 45.6 Å². The molecule has 2 amide bonds. The number of nitrogens with zero attached hydrogens (tertiary/aromatic N) is 3. The number of aromatic nitrogens is 1. The molecule has 2 heterocycles. The minimum Gasteiger partial charge on any atom is -0.354 e. The molecule has 0 saturated carbocycles. The predicted octanol–water partition coefficient (Wildman–Crippen LogP) is 0.636. The molecule has 5 heteroatoms. The van der Waals surface area contributed by atoms with Crippen LogP contribution in [-0.4, -0.2) is 52.4 Å². The van der Waals surface area contributed by atoms with Gasteiger partial charge in [-0.1, -0.05) is 0 Å². The lowest BCUT2D eigenvalue weighted by molar-refractivity contribution is -0.137. The molecule has 98 valence electrons. The molecule has 5 nitrogen and oxygen atoms in total. The van der Waals surface area contributed by atoms with Crippen molar-refractivity contribution in [3.05, 3.63) is 23.5 Å². The van der Waals surface area contributed by atoms with Gasteiger partial charge in [0.2, 0.25) is 5.91 Å². The van der Waals surface area contributed by atoms with Crippen molar-refractivity contribution >= 4 is 11.8 Å². The molecule has 1 aliphatic heterocycles. The smallest absolute Gasteiger partial charge is 0.256 e. The number of rotatable bonds is 1. The SMILES string of the molecule is Cc1c(C(=O)N2CCN(C)C(=O)C2C)ccn1C. The normalized spacial score (nSPS) is 20.4. The minimum atomic E-state index is -0.379. The molecule has 0 aromatic carbocycles. The lowest BCUT2D eigenvalue weighted by Crippen LogP contribution is -2.56. The maximum atomic E-state index is 12.4. The molecule has 1 saturated heterocycles. The summed E-state index contributed by atoms with van der Waals surface area (Å²) in [4.78, 5) is 27.7. The van der Waals surface area contributed by atoms with E-state index in [1.54, 1.807) is 23.8 Å². The van der Waals surface area contributed by atoms with E-state index in [2.05, 4.69) is 0 Å². The summed E-state index contributed by atoms with van der Waals surface area (Å²) in [6, 6.07) is 1.43. The summed E-state index contributed by atoms with van der Waals surface area (Å²) in [6.07, 6.45) is 1.87. The maximum Gasteiger partial charge on any atom is 0.256 e. The van der Waals surface area contributed by atoms with Crippen LogP contribution in [0.15, 0.2) is 12.3 Å². The molecule has 2 rings (SSSR count). The van der Waals surface area contributed by atoms with Gasteiger partial charge in [0.25, 0.3) is 5.91 Å². The molecule has 1 atom stereocenters. The van der Waals surface area contributed by atoms with E-state index in [-0.39, 0.29) is 17.9 Å². The van der Waals surface area contributed by atoms with E-state index in [0.29, 0.717) is 18.7 Å². The first-order valence-corrected chi connectivity index (χ1v) is 6.11. The average molecular weight is 249 g/mol. The Kier molecular flexibility index (Phi) is 3.15. The monoisotopic (exact) mass is 249 g/mol. The van der Waals surface area contributed by atoms with Gasteiger partial charge in [0.1, 0.15) is 6.04 Å². The molecule has 1 aromatic heterocycles. The Balaban J connectivity index is 2.24. The average Bonchev–Trinajstić information content (AvgIpc) is 2.67. The maximum absolute atomic E-state index is 12.4. The van der Waals surface area contributed by atoms with Gasteiger partial charge in [0.05, 0.1) is 5.56 Å². The predicted molar refractivity (Wildman–Crippen MR) is 68.3 cm³/mol. The van der Waals surface area contributed by atoms with Crippen molar-refractivity contribution in [3.8, 4) is 0 Å². The van der Waals surface area contributed by atoms with Crippen molar-refractivity contribution in [1.82, 2.24) is 14.4 Å². The Morgan fingerprint density at radius 1 is 1.33 bits per heavy atom. The van der Waals surface area contributed by atoms with Crippen LogP contribution >= 0.6 is 0 Å². The second-order valence-electron chi connectivity index (χ2n) is 4.86. The molecule has 1 fully saturated rings. The van der Waals surface area contributed by atoms with Gasteiger partial charge in [0, 0.05) is 39.1 Å². The lowest BCUT2D eigenvalue weighted by atomic mass is 10.1. The van der Waals surface area contributed by atoms with Crippen LogP contribution in [0.2, 0.25) is 0 Å². The molecule has 1 aromatic rings. The summed E-state index contributed by atoms with van der Waals surface area (Å²) >= 11 is 0. The highest BCUT2D eigenvalue weighted by Gasteiger charge is 2.33. The molecule has 0 radical (unpaired) electrons. The first kappa shape index (κ1) is 12.7. The Labute approximate surface area is 107 Å². The fourth-order valence-corrected chi connectivity index (χ4v) is 2.28. The first-order chi connectivity index (χ1) is 8.43. The van der Waals surface area contributed by atoms with E-state index >= 15 is 0 Å². The van der Waals surface area contributed by atoms with Crippen LogP contribution in [-0.2, 0) is 11.8 Å². The van der Waals surface area contributed by atoms with Crippen LogP contribution in [0.5, 0.6) is 0 Å². The molecule has 18 heavy (non-hydrogen) atoms. The standard InChI is InChI=1S/C13H19N3O2/c1-9-11(5-6-14(9)3)13(18)16-8-7-15(4)12(17)10(16)2/h5-6,10H,7-8H2,1-4H3. The van der Waals surface area contributed by atoms with E-state index in [0.717, 1.165) is 5.69 Å². The quantitative estimate of drug-likeness (QED) is 0.733. The first-order valence-electron chi connectivity index (χ1n) is 6.11. The molecule has 1 aliphatic rings. The summed E-state index contributed by atoms with van der Waals surface area (Å²) in [5, 5.41) is 0. The molecule has 0 aliphatic carbocycles. The summed E-state index contributed by atoms with van der Waals surface area (Å²) < 4.78 is 1.91. The fourth-order valence-electron chi connectivity index (χ4n) is 2.28. The third-order valence-electron chi connectivity index (χ3n) is 3.75. The largest absolute Gasteiger partial charge is 0.354 e. The van der Waals surface area contributed by atoms with Crippen molar-refractivity contribution < 1.29 is 9.59 Å². The Morgan fingerprint density at radius 3 is 2.56 bits per heavy atom. The summed E-state index contributed by atoms with van der Waals surface area (Å²) in [6.45, 7) is 4.89. The van der Waals surface area contributed by atoms with E-state index in [9.17, 15) is 9.59 Å². The zero-order valence-electron chi connectivity index (χ0n) is 11.3. The van der Waals surface area contributed by atoms with Gasteiger partial charge < -0.3 is 14.4 Å². The number of likely N-dealkylation sites (N-methyl/N-ethyl adjacent to an activating group) is 1. The van der Waals surface area contributed by atoms with E-state index in [1.807, 2.05) is 30.8 Å². The number of carbonyl (C=O) groups excluding carboxylic acids is 2. The highest BCUT2D eigenvalue weighted by atomic mass is 16.2. The Hall–Kier alpha value is -1.78. The third-order valence-corrected chi connectivity index (χ3v) is 3.75. The van der Waals surface area contributed by atoms with Gasteiger partial charge in [0.15, 0.2) is 0 Å². The number of piperazine rings is 1.